The quantitative estimate of drug-likeness (QED) is 0.613. The summed E-state index contributed by atoms with van der Waals surface area (Å²) in [6.07, 6.45) is 4.81. The number of hydrogen-bond acceptors (Lipinski definition) is 3. The van der Waals surface area contributed by atoms with Crippen LogP contribution in [0.5, 0.6) is 0 Å². The van der Waals surface area contributed by atoms with Crippen molar-refractivity contribution in [2.45, 2.75) is 0 Å². The summed E-state index contributed by atoms with van der Waals surface area (Å²) in [5.41, 5.74) is 1.40. The molecule has 0 amide bonds. The normalized spacial score (nSPS) is 9.20. The Bertz CT molecular complexity index is 288. The van der Waals surface area contributed by atoms with Gasteiger partial charge in [0.2, 0.25) is 0 Å². The van der Waals surface area contributed by atoms with Crippen molar-refractivity contribution < 1.29 is 0 Å². The number of rotatable bonds is 0. The summed E-state index contributed by atoms with van der Waals surface area (Å²) in [4.78, 5) is 14.6. The topological polar surface area (TPSA) is 54.5 Å². The van der Waals surface area contributed by atoms with E-state index in [-0.39, 0.29) is 12.4 Å². The van der Waals surface area contributed by atoms with Crippen molar-refractivity contribution in [3.63, 3.8) is 0 Å². The van der Waals surface area contributed by atoms with Crippen LogP contribution in [-0.4, -0.2) is 19.9 Å². The highest BCUT2D eigenvalue weighted by Crippen LogP contribution is 1.96. The van der Waals surface area contributed by atoms with Gasteiger partial charge in [0.05, 0.1) is 6.33 Å². The molecule has 4 nitrogen and oxygen atoms in total. The Labute approximate surface area is 63.1 Å². The first-order valence-corrected chi connectivity index (χ1v) is 2.57. The van der Waals surface area contributed by atoms with Gasteiger partial charge < -0.3 is 4.98 Å². The van der Waals surface area contributed by atoms with E-state index in [0.717, 1.165) is 5.65 Å². The zero-order valence-electron chi connectivity index (χ0n) is 4.98. The standard InChI is InChI=1S/C5H4N4.ClH/c1-2-7-5-4(6-1)8-3-9-5;/h1-3H,(H,6,7,8,9);1H. The molecule has 5 heteroatoms. The number of nitrogens with one attached hydrogen (secondary N) is 1. The van der Waals surface area contributed by atoms with Crippen LogP contribution in [0.15, 0.2) is 18.7 Å². The minimum Gasteiger partial charge on any atom is -0.328 e. The molecule has 2 aromatic rings. The number of aromatic amines is 1. The molecule has 0 atom stereocenters. The average Bonchev–Trinajstić information content (AvgIpc) is 2.33. The predicted molar refractivity (Wildman–Crippen MR) is 38.9 cm³/mol. The average molecular weight is 157 g/mol. The highest BCUT2D eigenvalue weighted by atomic mass is 35.5. The number of H-pyrrole nitrogens is 1. The van der Waals surface area contributed by atoms with Crippen molar-refractivity contribution in [2.75, 3.05) is 0 Å². The van der Waals surface area contributed by atoms with E-state index in [1.165, 1.54) is 0 Å². The van der Waals surface area contributed by atoms with Crippen LogP contribution < -0.4 is 0 Å². The maximum Gasteiger partial charge on any atom is 0.197 e. The van der Waals surface area contributed by atoms with E-state index in [1.54, 1.807) is 18.7 Å². The molecule has 2 heterocycles. The number of fused-ring (bicyclic) bond motifs is 1. The second kappa shape index (κ2) is 2.62. The van der Waals surface area contributed by atoms with Crippen molar-refractivity contribution in [3.05, 3.63) is 18.7 Å². The molecule has 0 bridgehead atoms. The Balaban J connectivity index is 0.000000500. The highest BCUT2D eigenvalue weighted by Gasteiger charge is 1.91. The van der Waals surface area contributed by atoms with Gasteiger partial charge in [0, 0.05) is 12.4 Å². The molecule has 2 aromatic heterocycles. The molecule has 0 radical (unpaired) electrons. The van der Waals surface area contributed by atoms with Crippen LogP contribution in [0.2, 0.25) is 0 Å². The number of aromatic nitrogens is 4. The van der Waals surface area contributed by atoms with Gasteiger partial charge in [0.25, 0.3) is 0 Å². The van der Waals surface area contributed by atoms with Crippen LogP contribution in [0.4, 0.5) is 0 Å². The molecular formula is C5H5ClN4. The maximum atomic E-state index is 3.96. The van der Waals surface area contributed by atoms with Crippen LogP contribution in [0, 0.1) is 0 Å². The van der Waals surface area contributed by atoms with E-state index < -0.39 is 0 Å². The van der Waals surface area contributed by atoms with Crippen molar-refractivity contribution >= 4 is 23.7 Å². The summed E-state index contributed by atoms with van der Waals surface area (Å²) >= 11 is 0. The maximum absolute atomic E-state index is 3.96. The first-order valence-electron chi connectivity index (χ1n) is 2.57. The molecule has 2 rings (SSSR count). The van der Waals surface area contributed by atoms with Crippen molar-refractivity contribution in [1.82, 2.24) is 19.9 Å². The Morgan fingerprint density at radius 3 is 2.70 bits per heavy atom. The SMILES string of the molecule is Cl.c1cnc2[nH]cnc2n1. The largest absolute Gasteiger partial charge is 0.328 e. The summed E-state index contributed by atoms with van der Waals surface area (Å²) in [6.45, 7) is 0. The minimum absolute atomic E-state index is 0. The van der Waals surface area contributed by atoms with Gasteiger partial charge in [0.15, 0.2) is 11.3 Å². The predicted octanol–water partition coefficient (Wildman–Crippen LogP) is 0.775. The molecule has 0 saturated carbocycles. The van der Waals surface area contributed by atoms with Crippen LogP contribution in [0.3, 0.4) is 0 Å². The zero-order valence-corrected chi connectivity index (χ0v) is 5.80. The first-order chi connectivity index (χ1) is 4.47. The van der Waals surface area contributed by atoms with Crippen LogP contribution in [-0.2, 0) is 0 Å². The first kappa shape index (κ1) is 6.95. The summed E-state index contributed by atoms with van der Waals surface area (Å²) < 4.78 is 0. The molecule has 0 aliphatic carbocycles. The fraction of sp³-hybridized carbons (Fsp3) is 0. The molecule has 0 aliphatic heterocycles. The van der Waals surface area contributed by atoms with Gasteiger partial charge in [-0.2, -0.15) is 0 Å². The van der Waals surface area contributed by atoms with Gasteiger partial charge in [-0.1, -0.05) is 0 Å². The third-order valence-corrected chi connectivity index (χ3v) is 1.07. The molecule has 0 spiro atoms. The van der Waals surface area contributed by atoms with Crippen LogP contribution in [0.1, 0.15) is 0 Å². The smallest absolute Gasteiger partial charge is 0.197 e. The Kier molecular flexibility index (Phi) is 1.82. The highest BCUT2D eigenvalue weighted by molar-refractivity contribution is 5.85. The van der Waals surface area contributed by atoms with E-state index in [0.29, 0.717) is 5.65 Å². The van der Waals surface area contributed by atoms with Gasteiger partial charge in [-0.15, -0.1) is 12.4 Å². The second-order valence-corrected chi connectivity index (χ2v) is 1.63. The third-order valence-electron chi connectivity index (χ3n) is 1.07. The molecule has 0 fully saturated rings. The number of imidazole rings is 1. The molecule has 52 valence electrons. The lowest BCUT2D eigenvalue weighted by Gasteiger charge is -1.80. The lowest BCUT2D eigenvalue weighted by Crippen LogP contribution is -1.77. The summed E-state index contributed by atoms with van der Waals surface area (Å²) in [5.74, 6) is 0. The fourth-order valence-corrected chi connectivity index (χ4v) is 0.682. The number of halogens is 1. The van der Waals surface area contributed by atoms with E-state index in [9.17, 15) is 0 Å². The van der Waals surface area contributed by atoms with E-state index >= 15 is 0 Å². The number of hydrogen-bond donors (Lipinski definition) is 1. The molecule has 1 N–H and O–H groups in total. The molecule has 0 unspecified atom stereocenters. The molecule has 0 saturated heterocycles. The fourth-order valence-electron chi connectivity index (χ4n) is 0.682. The second-order valence-electron chi connectivity index (χ2n) is 1.63. The van der Waals surface area contributed by atoms with Crippen molar-refractivity contribution in [3.8, 4) is 0 Å². The summed E-state index contributed by atoms with van der Waals surface area (Å²) in [6, 6.07) is 0. The van der Waals surface area contributed by atoms with E-state index in [1.807, 2.05) is 0 Å². The van der Waals surface area contributed by atoms with E-state index in [4.69, 9.17) is 0 Å². The molecule has 10 heavy (non-hydrogen) atoms. The molecule has 0 aromatic carbocycles. The van der Waals surface area contributed by atoms with Gasteiger partial charge in [0.1, 0.15) is 0 Å². The van der Waals surface area contributed by atoms with Crippen molar-refractivity contribution in [2.24, 2.45) is 0 Å². The van der Waals surface area contributed by atoms with Gasteiger partial charge in [-0.3, -0.25) is 0 Å². The molecular weight excluding hydrogens is 152 g/mol. The lowest BCUT2D eigenvalue weighted by atomic mass is 10.7. The minimum atomic E-state index is 0. The molecule has 0 aliphatic rings. The van der Waals surface area contributed by atoms with Gasteiger partial charge in [-0.25, -0.2) is 15.0 Å². The van der Waals surface area contributed by atoms with Crippen molar-refractivity contribution in [1.29, 1.82) is 0 Å². The Morgan fingerprint density at radius 1 is 1.10 bits per heavy atom. The van der Waals surface area contributed by atoms with Gasteiger partial charge in [-0.05, 0) is 0 Å². The zero-order chi connectivity index (χ0) is 6.10. The van der Waals surface area contributed by atoms with Gasteiger partial charge >= 0.3 is 0 Å². The third kappa shape index (κ3) is 0.930. The number of nitrogens with zero attached hydrogens (tertiary/aromatic N) is 3. The Morgan fingerprint density at radius 2 is 1.90 bits per heavy atom. The summed E-state index contributed by atoms with van der Waals surface area (Å²) in [5, 5.41) is 0. The lowest BCUT2D eigenvalue weighted by molar-refractivity contribution is 1.26. The van der Waals surface area contributed by atoms with Crippen LogP contribution >= 0.6 is 12.4 Å². The summed E-state index contributed by atoms with van der Waals surface area (Å²) in [7, 11) is 0. The monoisotopic (exact) mass is 156 g/mol. The van der Waals surface area contributed by atoms with E-state index in [2.05, 4.69) is 19.9 Å². The Hall–Kier alpha value is -1.16. The van der Waals surface area contributed by atoms with Crippen LogP contribution in [0.25, 0.3) is 11.3 Å².